The SMILES string of the molecule is CC[C@@H](C)C1C(=O)N(c2ccccc2)C(=O)N(c2ccccc2)C1=O. The number of para-hydroxylation sites is 2. The van der Waals surface area contributed by atoms with Crippen LogP contribution in [0.3, 0.4) is 0 Å². The highest BCUT2D eigenvalue weighted by atomic mass is 16.2. The molecule has 1 heterocycles. The molecule has 0 spiro atoms. The first kappa shape index (κ1) is 16.9. The van der Waals surface area contributed by atoms with E-state index in [0.29, 0.717) is 17.8 Å². The first-order valence-corrected chi connectivity index (χ1v) is 8.38. The lowest BCUT2D eigenvalue weighted by atomic mass is 9.87. The summed E-state index contributed by atoms with van der Waals surface area (Å²) in [4.78, 5) is 41.2. The summed E-state index contributed by atoms with van der Waals surface area (Å²) >= 11 is 0. The molecule has 128 valence electrons. The van der Waals surface area contributed by atoms with Gasteiger partial charge in [-0.3, -0.25) is 9.59 Å². The number of urea groups is 1. The first-order chi connectivity index (χ1) is 12.1. The van der Waals surface area contributed by atoms with Crippen molar-refractivity contribution in [1.29, 1.82) is 0 Å². The third-order valence-corrected chi connectivity index (χ3v) is 4.60. The molecule has 2 aromatic carbocycles. The van der Waals surface area contributed by atoms with Crippen LogP contribution in [0.2, 0.25) is 0 Å². The average Bonchev–Trinajstić information content (AvgIpc) is 2.63. The maximum Gasteiger partial charge on any atom is 0.342 e. The molecule has 0 bridgehead atoms. The zero-order valence-electron chi connectivity index (χ0n) is 14.3. The Balaban J connectivity index is 2.11. The van der Waals surface area contributed by atoms with Gasteiger partial charge in [-0.25, -0.2) is 14.6 Å². The molecule has 0 saturated carbocycles. The summed E-state index contributed by atoms with van der Waals surface area (Å²) < 4.78 is 0. The van der Waals surface area contributed by atoms with E-state index in [1.165, 1.54) is 0 Å². The molecule has 25 heavy (non-hydrogen) atoms. The summed E-state index contributed by atoms with van der Waals surface area (Å²) in [5, 5.41) is 0. The van der Waals surface area contributed by atoms with Gasteiger partial charge in [0.05, 0.1) is 11.4 Å². The third-order valence-electron chi connectivity index (χ3n) is 4.60. The van der Waals surface area contributed by atoms with Crippen LogP contribution < -0.4 is 9.80 Å². The van der Waals surface area contributed by atoms with Gasteiger partial charge in [0.25, 0.3) is 0 Å². The van der Waals surface area contributed by atoms with Crippen molar-refractivity contribution < 1.29 is 14.4 Å². The fourth-order valence-corrected chi connectivity index (χ4v) is 3.02. The quantitative estimate of drug-likeness (QED) is 0.797. The highest BCUT2D eigenvalue weighted by molar-refractivity contribution is 6.36. The van der Waals surface area contributed by atoms with Crippen molar-refractivity contribution >= 4 is 29.2 Å². The normalized spacial score (nSPS) is 17.1. The standard InChI is InChI=1S/C20H20N2O3/c1-3-14(2)17-18(23)21(15-10-6-4-7-11-15)20(25)22(19(17)24)16-12-8-5-9-13-16/h4-14,17H,3H2,1-2H3/t14-/m1/s1. The van der Waals surface area contributed by atoms with Crippen LogP contribution in [0.1, 0.15) is 20.3 Å². The predicted octanol–water partition coefficient (Wildman–Crippen LogP) is 3.85. The Morgan fingerprint density at radius 3 is 1.56 bits per heavy atom. The van der Waals surface area contributed by atoms with Gasteiger partial charge in [0.1, 0.15) is 5.92 Å². The fraction of sp³-hybridized carbons (Fsp3) is 0.250. The number of benzene rings is 2. The lowest BCUT2D eigenvalue weighted by Crippen LogP contribution is -2.61. The molecule has 0 aromatic heterocycles. The number of nitrogens with zero attached hydrogens (tertiary/aromatic N) is 2. The van der Waals surface area contributed by atoms with Crippen molar-refractivity contribution in [2.75, 3.05) is 9.80 Å². The maximum absolute atomic E-state index is 13.0. The Bertz CT molecular complexity index is 728. The van der Waals surface area contributed by atoms with Gasteiger partial charge in [-0.1, -0.05) is 56.7 Å². The van der Waals surface area contributed by atoms with Crippen LogP contribution >= 0.6 is 0 Å². The van der Waals surface area contributed by atoms with Gasteiger partial charge in [0.2, 0.25) is 11.8 Å². The van der Waals surface area contributed by atoms with E-state index in [9.17, 15) is 14.4 Å². The predicted molar refractivity (Wildman–Crippen MR) is 96.2 cm³/mol. The maximum atomic E-state index is 13.0. The van der Waals surface area contributed by atoms with E-state index in [-0.39, 0.29) is 5.92 Å². The highest BCUT2D eigenvalue weighted by Gasteiger charge is 2.48. The third kappa shape index (κ3) is 2.93. The summed E-state index contributed by atoms with van der Waals surface area (Å²) in [7, 11) is 0. The molecule has 1 aliphatic rings. The monoisotopic (exact) mass is 336 g/mol. The van der Waals surface area contributed by atoms with E-state index in [1.54, 1.807) is 48.5 Å². The van der Waals surface area contributed by atoms with Crippen molar-refractivity contribution in [2.24, 2.45) is 11.8 Å². The molecule has 3 rings (SSSR count). The van der Waals surface area contributed by atoms with Crippen molar-refractivity contribution in [2.45, 2.75) is 20.3 Å². The summed E-state index contributed by atoms with van der Waals surface area (Å²) in [6.07, 6.45) is 0.668. The van der Waals surface area contributed by atoms with Crippen molar-refractivity contribution in [3.05, 3.63) is 60.7 Å². The second-order valence-electron chi connectivity index (χ2n) is 6.16. The molecule has 1 fully saturated rings. The molecular formula is C20H20N2O3. The van der Waals surface area contributed by atoms with Crippen LogP contribution in [0, 0.1) is 11.8 Å². The van der Waals surface area contributed by atoms with Gasteiger partial charge in [0.15, 0.2) is 0 Å². The molecule has 1 atom stereocenters. The first-order valence-electron chi connectivity index (χ1n) is 8.38. The number of carbonyl (C=O) groups excluding carboxylic acids is 3. The summed E-state index contributed by atoms with van der Waals surface area (Å²) in [6, 6.07) is 16.8. The Hall–Kier alpha value is -2.95. The van der Waals surface area contributed by atoms with Crippen LogP contribution in [0.15, 0.2) is 60.7 Å². The smallest absolute Gasteiger partial charge is 0.273 e. The van der Waals surface area contributed by atoms with E-state index in [1.807, 2.05) is 26.0 Å². The van der Waals surface area contributed by atoms with Gasteiger partial charge in [0, 0.05) is 0 Å². The molecule has 0 radical (unpaired) electrons. The van der Waals surface area contributed by atoms with E-state index < -0.39 is 23.8 Å². The number of imide groups is 2. The number of amides is 4. The van der Waals surface area contributed by atoms with Crippen molar-refractivity contribution in [3.8, 4) is 0 Å². The van der Waals surface area contributed by atoms with Gasteiger partial charge < -0.3 is 0 Å². The molecule has 0 unspecified atom stereocenters. The number of barbiturate groups is 1. The van der Waals surface area contributed by atoms with Crippen LogP contribution in [-0.4, -0.2) is 17.8 Å². The van der Waals surface area contributed by atoms with Gasteiger partial charge in [-0.2, -0.15) is 0 Å². The molecule has 1 aliphatic heterocycles. The van der Waals surface area contributed by atoms with E-state index in [4.69, 9.17) is 0 Å². The summed E-state index contributed by atoms with van der Waals surface area (Å²) in [6.45, 7) is 3.80. The molecule has 0 N–H and O–H groups in total. The molecular weight excluding hydrogens is 316 g/mol. The summed E-state index contributed by atoms with van der Waals surface area (Å²) in [5.74, 6) is -1.95. The largest absolute Gasteiger partial charge is 0.342 e. The number of hydrogen-bond donors (Lipinski definition) is 0. The minimum absolute atomic E-state index is 0.162. The van der Waals surface area contributed by atoms with Gasteiger partial charge >= 0.3 is 6.03 Å². The topological polar surface area (TPSA) is 57.7 Å². The Labute approximate surface area is 146 Å². The van der Waals surface area contributed by atoms with E-state index in [2.05, 4.69) is 0 Å². The molecule has 4 amide bonds. The summed E-state index contributed by atoms with van der Waals surface area (Å²) in [5.41, 5.74) is 0.943. The van der Waals surface area contributed by atoms with Crippen molar-refractivity contribution in [1.82, 2.24) is 0 Å². The van der Waals surface area contributed by atoms with Crippen LogP contribution in [0.4, 0.5) is 16.2 Å². The number of rotatable bonds is 4. The second kappa shape index (κ2) is 6.89. The Morgan fingerprint density at radius 2 is 1.20 bits per heavy atom. The molecule has 1 saturated heterocycles. The Kier molecular flexibility index (Phi) is 4.65. The number of anilines is 2. The minimum Gasteiger partial charge on any atom is -0.273 e. The van der Waals surface area contributed by atoms with Crippen molar-refractivity contribution in [3.63, 3.8) is 0 Å². The fourth-order valence-electron chi connectivity index (χ4n) is 3.02. The number of hydrogen-bond acceptors (Lipinski definition) is 3. The lowest BCUT2D eigenvalue weighted by molar-refractivity contribution is -0.134. The molecule has 0 aliphatic carbocycles. The molecule has 2 aromatic rings. The highest BCUT2D eigenvalue weighted by Crippen LogP contribution is 2.32. The lowest BCUT2D eigenvalue weighted by Gasteiger charge is -2.38. The number of carbonyl (C=O) groups is 3. The van der Waals surface area contributed by atoms with Gasteiger partial charge in [-0.15, -0.1) is 0 Å². The van der Waals surface area contributed by atoms with Crippen LogP contribution in [0.5, 0.6) is 0 Å². The van der Waals surface area contributed by atoms with E-state index in [0.717, 1.165) is 9.80 Å². The molecule has 5 heteroatoms. The second-order valence-corrected chi connectivity index (χ2v) is 6.16. The zero-order chi connectivity index (χ0) is 18.0. The molecule has 5 nitrogen and oxygen atoms in total. The van der Waals surface area contributed by atoms with Crippen LogP contribution in [0.25, 0.3) is 0 Å². The minimum atomic E-state index is -0.872. The average molecular weight is 336 g/mol. The zero-order valence-corrected chi connectivity index (χ0v) is 14.3. The van der Waals surface area contributed by atoms with Gasteiger partial charge in [-0.05, 0) is 30.2 Å². The van der Waals surface area contributed by atoms with Crippen LogP contribution in [-0.2, 0) is 9.59 Å². The Morgan fingerprint density at radius 1 is 0.800 bits per heavy atom. The van der Waals surface area contributed by atoms with E-state index >= 15 is 0 Å².